The molecule has 3 rings (SSSR count). The summed E-state index contributed by atoms with van der Waals surface area (Å²) >= 11 is 0. The molecule has 0 spiro atoms. The van der Waals surface area contributed by atoms with E-state index in [2.05, 4.69) is 31.2 Å². The van der Waals surface area contributed by atoms with E-state index in [4.69, 9.17) is 9.47 Å². The Hall–Kier alpha value is -2.39. The average molecular weight is 379 g/mol. The van der Waals surface area contributed by atoms with Crippen LogP contribution in [-0.4, -0.2) is 19.7 Å². The molecule has 0 N–H and O–H groups in total. The minimum absolute atomic E-state index is 0.303. The van der Waals surface area contributed by atoms with Crippen LogP contribution in [0.3, 0.4) is 0 Å². The van der Waals surface area contributed by atoms with E-state index in [1.807, 2.05) is 36.4 Å². The van der Waals surface area contributed by atoms with Crippen LogP contribution in [0.15, 0.2) is 60.7 Å². The topological polar surface area (TPSA) is 35.5 Å². The van der Waals surface area contributed by atoms with Crippen molar-refractivity contribution in [3.63, 3.8) is 0 Å². The van der Waals surface area contributed by atoms with Crippen LogP contribution in [-0.2, 0) is 11.2 Å². The number of hydrogen-bond donors (Lipinski definition) is 0. The number of benzene rings is 2. The van der Waals surface area contributed by atoms with Crippen LogP contribution in [0, 0.1) is 5.92 Å². The van der Waals surface area contributed by atoms with Crippen molar-refractivity contribution in [3.05, 3.63) is 77.4 Å². The van der Waals surface area contributed by atoms with Crippen molar-refractivity contribution in [2.75, 3.05) is 13.7 Å². The molecule has 1 fully saturated rings. The van der Waals surface area contributed by atoms with Gasteiger partial charge in [0, 0.05) is 7.11 Å². The van der Waals surface area contributed by atoms with Gasteiger partial charge in [-0.05, 0) is 79.3 Å². The molecule has 148 valence electrons. The zero-order chi connectivity index (χ0) is 19.8. The molecule has 0 bridgehead atoms. The van der Waals surface area contributed by atoms with Gasteiger partial charge in [0.25, 0.3) is 0 Å². The van der Waals surface area contributed by atoms with Gasteiger partial charge in [-0.15, -0.1) is 0 Å². The molecular weight excluding hydrogens is 348 g/mol. The van der Waals surface area contributed by atoms with Crippen molar-refractivity contribution in [2.45, 2.75) is 44.9 Å². The van der Waals surface area contributed by atoms with E-state index in [-0.39, 0.29) is 5.97 Å². The molecule has 0 aliphatic heterocycles. The van der Waals surface area contributed by atoms with E-state index < -0.39 is 0 Å². The van der Waals surface area contributed by atoms with E-state index in [0.717, 1.165) is 6.42 Å². The fourth-order valence-corrected chi connectivity index (χ4v) is 3.84. The molecule has 3 heteroatoms. The maximum Gasteiger partial charge on any atom is 0.343 e. The molecule has 28 heavy (non-hydrogen) atoms. The second-order valence-corrected chi connectivity index (χ2v) is 7.50. The van der Waals surface area contributed by atoms with E-state index in [1.54, 1.807) is 7.11 Å². The van der Waals surface area contributed by atoms with Gasteiger partial charge in [-0.2, -0.15) is 0 Å². The summed E-state index contributed by atoms with van der Waals surface area (Å²) in [5.74, 6) is 1.53. The van der Waals surface area contributed by atoms with Gasteiger partial charge in [-0.3, -0.25) is 0 Å². The number of aryl methyl sites for hydroxylation is 1. The van der Waals surface area contributed by atoms with Gasteiger partial charge >= 0.3 is 5.97 Å². The quantitative estimate of drug-likeness (QED) is 0.339. The Morgan fingerprint density at radius 2 is 1.68 bits per heavy atom. The molecule has 2 aromatic carbocycles. The van der Waals surface area contributed by atoms with Gasteiger partial charge in [0.15, 0.2) is 0 Å². The third kappa shape index (κ3) is 5.56. The third-order valence-corrected chi connectivity index (χ3v) is 5.60. The first-order valence-electron chi connectivity index (χ1n) is 10.3. The van der Waals surface area contributed by atoms with E-state index in [9.17, 15) is 4.79 Å². The van der Waals surface area contributed by atoms with Crippen LogP contribution < -0.4 is 4.74 Å². The van der Waals surface area contributed by atoms with E-state index >= 15 is 0 Å². The molecule has 0 aromatic heterocycles. The first-order valence-corrected chi connectivity index (χ1v) is 10.3. The van der Waals surface area contributed by atoms with Crippen LogP contribution in [0.2, 0.25) is 0 Å². The summed E-state index contributed by atoms with van der Waals surface area (Å²) in [6.07, 6.45) is 10.2. The molecule has 0 amide bonds. The molecule has 1 saturated carbocycles. The average Bonchev–Trinajstić information content (AvgIpc) is 2.75. The van der Waals surface area contributed by atoms with Crippen molar-refractivity contribution in [3.8, 4) is 5.75 Å². The second-order valence-electron chi connectivity index (χ2n) is 7.50. The zero-order valence-corrected chi connectivity index (χ0v) is 16.9. The summed E-state index contributed by atoms with van der Waals surface area (Å²) in [4.78, 5) is 12.4. The zero-order valence-electron chi connectivity index (χ0n) is 16.9. The summed E-state index contributed by atoms with van der Waals surface area (Å²) < 4.78 is 10.6. The summed E-state index contributed by atoms with van der Waals surface area (Å²) in [6, 6.07) is 15.6. The number of allylic oxidation sites excluding steroid dienone is 1. The minimum Gasteiger partial charge on any atom is -0.423 e. The Balaban J connectivity index is 1.53. The smallest absolute Gasteiger partial charge is 0.343 e. The highest BCUT2D eigenvalue weighted by Gasteiger charge is 2.21. The summed E-state index contributed by atoms with van der Waals surface area (Å²) in [6.45, 7) is 2.80. The first-order chi connectivity index (χ1) is 13.7. The number of carbonyl (C=O) groups is 1. The van der Waals surface area contributed by atoms with Gasteiger partial charge in [-0.1, -0.05) is 43.3 Å². The van der Waals surface area contributed by atoms with Gasteiger partial charge in [0.05, 0.1) is 12.2 Å². The number of esters is 1. The molecule has 2 aromatic rings. The first kappa shape index (κ1) is 20.3. The number of carbonyl (C=O) groups excluding carboxylic acids is 1. The van der Waals surface area contributed by atoms with Crippen LogP contribution in [0.25, 0.3) is 0 Å². The second kappa shape index (κ2) is 10.2. The highest BCUT2D eigenvalue weighted by molar-refractivity contribution is 5.91. The van der Waals surface area contributed by atoms with Crippen molar-refractivity contribution in [1.29, 1.82) is 0 Å². The lowest BCUT2D eigenvalue weighted by atomic mass is 9.78. The lowest BCUT2D eigenvalue weighted by molar-refractivity contribution is 0.0734. The molecule has 3 nitrogen and oxygen atoms in total. The molecule has 0 saturated heterocycles. The fraction of sp³-hybridized carbons (Fsp3) is 0.400. The maximum absolute atomic E-state index is 12.4. The maximum atomic E-state index is 12.4. The Bertz CT molecular complexity index is 766. The van der Waals surface area contributed by atoms with Gasteiger partial charge in [0.2, 0.25) is 0 Å². The summed E-state index contributed by atoms with van der Waals surface area (Å²) in [5, 5.41) is 0. The largest absolute Gasteiger partial charge is 0.423 e. The Kier molecular flexibility index (Phi) is 7.44. The highest BCUT2D eigenvalue weighted by Crippen LogP contribution is 2.36. The monoisotopic (exact) mass is 378 g/mol. The molecule has 0 unspecified atom stereocenters. The minimum atomic E-state index is -0.303. The van der Waals surface area contributed by atoms with Crippen LogP contribution in [0.4, 0.5) is 0 Å². The van der Waals surface area contributed by atoms with Crippen LogP contribution >= 0.6 is 0 Å². The fourth-order valence-electron chi connectivity index (χ4n) is 3.84. The number of hydrogen-bond acceptors (Lipinski definition) is 3. The highest BCUT2D eigenvalue weighted by atomic mass is 16.5. The van der Waals surface area contributed by atoms with Crippen molar-refractivity contribution < 1.29 is 14.3 Å². The molecule has 0 radical (unpaired) electrons. The predicted octanol–water partition coefficient (Wildman–Crippen LogP) is 5.94. The van der Waals surface area contributed by atoms with Crippen LogP contribution in [0.5, 0.6) is 5.75 Å². The lowest BCUT2D eigenvalue weighted by Gasteiger charge is -2.27. The number of methoxy groups -OCH3 is 1. The normalized spacial score (nSPS) is 19.6. The van der Waals surface area contributed by atoms with Crippen LogP contribution in [0.1, 0.15) is 60.0 Å². The summed E-state index contributed by atoms with van der Waals surface area (Å²) in [5.41, 5.74) is 3.15. The number of ether oxygens (including phenoxy) is 2. The number of rotatable bonds is 7. The SMILES string of the molecule is CCc1ccc(OC(=O)c2ccc([C@H]3CC[C@H](C=CCOC)CC3)cc2)cc1. The lowest BCUT2D eigenvalue weighted by Crippen LogP contribution is -2.13. The Morgan fingerprint density at radius 3 is 2.29 bits per heavy atom. The van der Waals surface area contributed by atoms with Crippen molar-refractivity contribution in [1.82, 2.24) is 0 Å². The molecular formula is C25H30O3. The summed E-state index contributed by atoms with van der Waals surface area (Å²) in [7, 11) is 1.72. The van der Waals surface area contributed by atoms with Gasteiger partial charge < -0.3 is 9.47 Å². The molecule has 0 heterocycles. The molecule has 0 atom stereocenters. The van der Waals surface area contributed by atoms with E-state index in [0.29, 0.717) is 29.8 Å². The Morgan fingerprint density at radius 1 is 1.00 bits per heavy atom. The van der Waals surface area contributed by atoms with Crippen molar-refractivity contribution >= 4 is 5.97 Å². The van der Waals surface area contributed by atoms with E-state index in [1.165, 1.54) is 36.8 Å². The third-order valence-electron chi connectivity index (χ3n) is 5.60. The predicted molar refractivity (Wildman–Crippen MR) is 113 cm³/mol. The Labute approximate surface area is 168 Å². The van der Waals surface area contributed by atoms with Gasteiger partial charge in [-0.25, -0.2) is 4.79 Å². The standard InChI is InChI=1S/C25H30O3/c1-3-19-8-16-24(17-9-19)28-25(26)23-14-12-22(13-15-23)21-10-6-20(7-11-21)5-4-18-27-2/h4-5,8-9,12-17,20-21H,3,6-7,10-11,18H2,1-2H3/t20-,21-. The van der Waals surface area contributed by atoms with Gasteiger partial charge in [0.1, 0.15) is 5.75 Å². The van der Waals surface area contributed by atoms with Crippen molar-refractivity contribution in [2.24, 2.45) is 5.92 Å². The molecule has 1 aliphatic carbocycles. The molecule has 1 aliphatic rings.